The molecule has 140 valence electrons. The summed E-state index contributed by atoms with van der Waals surface area (Å²) in [7, 11) is -2.76. The maximum Gasteiger partial charge on any atom is 0.273 e. The van der Waals surface area contributed by atoms with E-state index in [1.807, 2.05) is 0 Å². The van der Waals surface area contributed by atoms with Crippen molar-refractivity contribution in [2.45, 2.75) is 110 Å². The SMILES string of the molecule is CCCCCCCCCCCCCCCCCCNO[SH](=O)=O. The van der Waals surface area contributed by atoms with Gasteiger partial charge in [-0.2, -0.15) is 9.76 Å². The number of rotatable bonds is 19. The molecule has 5 heteroatoms. The number of hydrogen-bond acceptors (Lipinski definition) is 4. The Bertz CT molecular complexity index is 288. The lowest BCUT2D eigenvalue weighted by Gasteiger charge is -2.03. The zero-order valence-electron chi connectivity index (χ0n) is 15.2. The van der Waals surface area contributed by atoms with Gasteiger partial charge in [0.1, 0.15) is 0 Å². The first kappa shape index (κ1) is 22.9. The fourth-order valence-corrected chi connectivity index (χ4v) is 3.04. The van der Waals surface area contributed by atoms with Crippen molar-refractivity contribution in [1.29, 1.82) is 0 Å². The van der Waals surface area contributed by atoms with Crippen LogP contribution in [0.15, 0.2) is 0 Å². The third-order valence-corrected chi connectivity index (χ3v) is 4.55. The van der Waals surface area contributed by atoms with Crippen molar-refractivity contribution in [2.24, 2.45) is 0 Å². The summed E-state index contributed by atoms with van der Waals surface area (Å²) in [5, 5.41) is 0. The van der Waals surface area contributed by atoms with E-state index in [0.29, 0.717) is 6.54 Å². The van der Waals surface area contributed by atoms with Gasteiger partial charge in [0.05, 0.1) is 0 Å². The van der Waals surface area contributed by atoms with Gasteiger partial charge < -0.3 is 0 Å². The molecule has 23 heavy (non-hydrogen) atoms. The highest BCUT2D eigenvalue weighted by molar-refractivity contribution is 7.67. The monoisotopic (exact) mass is 349 g/mol. The molecule has 0 saturated heterocycles. The largest absolute Gasteiger partial charge is 0.273 e. The van der Waals surface area contributed by atoms with Crippen molar-refractivity contribution >= 4 is 11.0 Å². The van der Waals surface area contributed by atoms with Crippen LogP contribution in [0.25, 0.3) is 0 Å². The summed E-state index contributed by atoms with van der Waals surface area (Å²) in [6, 6.07) is 0. The molecule has 4 nitrogen and oxygen atoms in total. The zero-order chi connectivity index (χ0) is 17.0. The van der Waals surface area contributed by atoms with Crippen LogP contribution < -0.4 is 5.48 Å². The van der Waals surface area contributed by atoms with Crippen LogP contribution in [0.2, 0.25) is 0 Å². The van der Waals surface area contributed by atoms with Crippen LogP contribution >= 0.6 is 0 Å². The average molecular weight is 350 g/mol. The molecule has 0 amide bonds. The molecule has 0 aromatic heterocycles. The minimum Gasteiger partial charge on any atom is -0.201 e. The Kier molecular flexibility index (Phi) is 19.8. The van der Waals surface area contributed by atoms with E-state index in [9.17, 15) is 8.42 Å². The van der Waals surface area contributed by atoms with Crippen molar-refractivity contribution in [3.63, 3.8) is 0 Å². The minimum absolute atomic E-state index is 0.613. The van der Waals surface area contributed by atoms with Gasteiger partial charge in [0.15, 0.2) is 0 Å². The molecule has 0 aromatic rings. The number of thiol groups is 1. The van der Waals surface area contributed by atoms with Crippen LogP contribution in [0.5, 0.6) is 0 Å². The Balaban J connectivity index is 2.97. The summed E-state index contributed by atoms with van der Waals surface area (Å²) < 4.78 is 24.5. The maximum absolute atomic E-state index is 10.1. The fraction of sp³-hybridized carbons (Fsp3) is 1.00. The van der Waals surface area contributed by atoms with Crippen LogP contribution in [0.1, 0.15) is 110 Å². The molecule has 0 atom stereocenters. The van der Waals surface area contributed by atoms with Crippen LogP contribution in [0.3, 0.4) is 0 Å². The molecule has 0 aliphatic heterocycles. The molecule has 0 saturated carbocycles. The summed E-state index contributed by atoms with van der Waals surface area (Å²) in [5.41, 5.74) is 2.44. The maximum atomic E-state index is 10.1. The molecule has 1 N–H and O–H groups in total. The van der Waals surface area contributed by atoms with E-state index in [-0.39, 0.29) is 0 Å². The lowest BCUT2D eigenvalue weighted by molar-refractivity contribution is 0.211. The van der Waals surface area contributed by atoms with Gasteiger partial charge in [0.25, 0.3) is 11.0 Å². The van der Waals surface area contributed by atoms with Gasteiger partial charge in [0.2, 0.25) is 0 Å². The van der Waals surface area contributed by atoms with Crippen molar-refractivity contribution in [1.82, 2.24) is 5.48 Å². The highest BCUT2D eigenvalue weighted by Gasteiger charge is 1.95. The summed E-state index contributed by atoms with van der Waals surface area (Å²) >= 11 is 0. The van der Waals surface area contributed by atoms with E-state index in [2.05, 4.69) is 16.7 Å². The molecule has 0 bridgehead atoms. The van der Waals surface area contributed by atoms with E-state index in [0.717, 1.165) is 12.8 Å². The normalized spacial score (nSPS) is 11.4. The Morgan fingerprint density at radius 3 is 1.30 bits per heavy atom. The molecule has 0 fully saturated rings. The lowest BCUT2D eigenvalue weighted by atomic mass is 10.0. The second-order valence-electron chi connectivity index (χ2n) is 6.51. The van der Waals surface area contributed by atoms with Crippen LogP contribution in [-0.4, -0.2) is 15.0 Å². The highest BCUT2D eigenvalue weighted by Crippen LogP contribution is 2.13. The topological polar surface area (TPSA) is 55.4 Å². The van der Waals surface area contributed by atoms with Gasteiger partial charge in [-0.1, -0.05) is 103 Å². The first-order valence-electron chi connectivity index (χ1n) is 9.81. The molecule has 0 unspecified atom stereocenters. The second-order valence-corrected chi connectivity index (χ2v) is 7.14. The summed E-state index contributed by atoms with van der Waals surface area (Å²) in [4.78, 5) is 0. The first-order valence-corrected chi connectivity index (χ1v) is 10.9. The van der Waals surface area contributed by atoms with Gasteiger partial charge in [-0.05, 0) is 6.42 Å². The van der Waals surface area contributed by atoms with Crippen molar-refractivity contribution in [3.8, 4) is 0 Å². The van der Waals surface area contributed by atoms with E-state index in [4.69, 9.17) is 0 Å². The van der Waals surface area contributed by atoms with Gasteiger partial charge >= 0.3 is 0 Å². The number of hydrogen-bond donors (Lipinski definition) is 2. The molecular weight excluding hydrogens is 310 g/mol. The third-order valence-electron chi connectivity index (χ3n) is 4.27. The molecule has 0 spiro atoms. The average Bonchev–Trinajstić information content (AvgIpc) is 2.53. The number of unbranched alkanes of at least 4 members (excludes halogenated alkanes) is 15. The van der Waals surface area contributed by atoms with Crippen molar-refractivity contribution < 1.29 is 12.7 Å². The van der Waals surface area contributed by atoms with Crippen LogP contribution in [0, 0.1) is 0 Å². The standard InChI is InChI=1S/C18H39NO3S/c1-2-3-4-5-6-7-8-9-10-11-12-13-14-15-16-17-18-19-22-23(20)21/h19,23H,2-18H2,1H3. The van der Waals surface area contributed by atoms with Gasteiger partial charge in [-0.3, -0.25) is 0 Å². The Morgan fingerprint density at radius 1 is 0.609 bits per heavy atom. The summed E-state index contributed by atoms with van der Waals surface area (Å²) in [6.07, 6.45) is 21.5. The number of hydroxylamine groups is 1. The summed E-state index contributed by atoms with van der Waals surface area (Å²) in [5.74, 6) is 0. The highest BCUT2D eigenvalue weighted by atomic mass is 32.2. The minimum atomic E-state index is -2.76. The van der Waals surface area contributed by atoms with Gasteiger partial charge in [0, 0.05) is 6.54 Å². The third kappa shape index (κ3) is 21.9. The predicted molar refractivity (Wildman–Crippen MR) is 98.9 cm³/mol. The second kappa shape index (κ2) is 19.9. The predicted octanol–water partition coefficient (Wildman–Crippen LogP) is 5.30. The molecular formula is C18H39NO3S. The van der Waals surface area contributed by atoms with Crippen molar-refractivity contribution in [3.05, 3.63) is 0 Å². The van der Waals surface area contributed by atoms with Gasteiger partial charge in [-0.25, -0.2) is 8.42 Å². The first-order chi connectivity index (χ1) is 11.3. The van der Waals surface area contributed by atoms with Crippen LogP contribution in [-0.2, 0) is 15.3 Å². The van der Waals surface area contributed by atoms with E-state index in [1.165, 1.54) is 89.9 Å². The Labute approximate surface area is 145 Å². The summed E-state index contributed by atoms with van der Waals surface area (Å²) in [6.45, 7) is 2.88. The fourth-order valence-electron chi connectivity index (χ4n) is 2.84. The van der Waals surface area contributed by atoms with Gasteiger partial charge in [-0.15, -0.1) is 0 Å². The Hall–Kier alpha value is -0.130. The van der Waals surface area contributed by atoms with E-state index >= 15 is 0 Å². The smallest absolute Gasteiger partial charge is 0.201 e. The van der Waals surface area contributed by atoms with Crippen LogP contribution in [0.4, 0.5) is 0 Å². The molecule has 0 heterocycles. The number of nitrogens with one attached hydrogen (secondary N) is 1. The molecule has 0 aromatic carbocycles. The molecule has 0 radical (unpaired) electrons. The van der Waals surface area contributed by atoms with E-state index in [1.54, 1.807) is 0 Å². The molecule has 0 aliphatic carbocycles. The zero-order valence-corrected chi connectivity index (χ0v) is 16.1. The quantitative estimate of drug-likeness (QED) is 0.189. The van der Waals surface area contributed by atoms with E-state index < -0.39 is 11.0 Å². The van der Waals surface area contributed by atoms with Crippen molar-refractivity contribution in [2.75, 3.05) is 6.54 Å². The molecule has 0 rings (SSSR count). The lowest BCUT2D eigenvalue weighted by Crippen LogP contribution is -2.14. The Morgan fingerprint density at radius 2 is 0.957 bits per heavy atom. The molecule has 0 aliphatic rings.